The van der Waals surface area contributed by atoms with Crippen LogP contribution in [0.5, 0.6) is 0 Å². The quantitative estimate of drug-likeness (QED) is 0.591. The van der Waals surface area contributed by atoms with E-state index in [9.17, 15) is 4.79 Å². The lowest BCUT2D eigenvalue weighted by atomic mass is 9.97. The van der Waals surface area contributed by atoms with Crippen molar-refractivity contribution >= 4 is 0 Å². The van der Waals surface area contributed by atoms with Crippen molar-refractivity contribution < 1.29 is 0 Å². The zero-order valence-electron chi connectivity index (χ0n) is 15.5. The molecule has 3 aromatic rings. The molecule has 26 heavy (non-hydrogen) atoms. The summed E-state index contributed by atoms with van der Waals surface area (Å²) in [6.07, 6.45) is 4.84. The number of aromatic nitrogens is 1. The first-order valence-corrected chi connectivity index (χ1v) is 9.54. The Morgan fingerprint density at radius 3 is 2.31 bits per heavy atom. The van der Waals surface area contributed by atoms with Crippen LogP contribution in [0.2, 0.25) is 0 Å². The van der Waals surface area contributed by atoms with E-state index in [0.29, 0.717) is 5.92 Å². The summed E-state index contributed by atoms with van der Waals surface area (Å²) in [5.41, 5.74) is 6.65. The summed E-state index contributed by atoms with van der Waals surface area (Å²) in [5, 5.41) is 0. The summed E-state index contributed by atoms with van der Waals surface area (Å²) in [4.78, 5) is 12.8. The number of hydrogen-bond acceptors (Lipinski definition) is 1. The summed E-state index contributed by atoms with van der Waals surface area (Å²) in [6, 6.07) is 20.8. The Morgan fingerprint density at radius 2 is 1.62 bits per heavy atom. The first kappa shape index (κ1) is 16.8. The molecule has 1 aliphatic rings. The molecule has 0 spiro atoms. The van der Waals surface area contributed by atoms with E-state index < -0.39 is 0 Å². The van der Waals surface area contributed by atoms with Crippen LogP contribution in [0, 0.1) is 13.8 Å². The monoisotopic (exact) mass is 343 g/mol. The molecule has 0 atom stereocenters. The third-order valence-electron chi connectivity index (χ3n) is 5.57. The molecule has 1 aromatic heterocycles. The van der Waals surface area contributed by atoms with Gasteiger partial charge in [-0.1, -0.05) is 55.3 Å². The van der Waals surface area contributed by atoms with E-state index >= 15 is 0 Å². The summed E-state index contributed by atoms with van der Waals surface area (Å²) < 4.78 is 2.34. The lowest BCUT2D eigenvalue weighted by Crippen LogP contribution is -2.19. The molecule has 1 fully saturated rings. The predicted molar refractivity (Wildman–Crippen MR) is 108 cm³/mol. The van der Waals surface area contributed by atoms with Crippen LogP contribution in [-0.4, -0.2) is 4.57 Å². The second-order valence-corrected chi connectivity index (χ2v) is 7.43. The highest BCUT2D eigenvalue weighted by molar-refractivity contribution is 5.67. The van der Waals surface area contributed by atoms with E-state index in [-0.39, 0.29) is 5.43 Å². The molecular weight excluding hydrogens is 318 g/mol. The normalized spacial score (nSPS) is 14.7. The average molecular weight is 343 g/mol. The van der Waals surface area contributed by atoms with Crippen LogP contribution in [-0.2, 0) is 0 Å². The minimum absolute atomic E-state index is 0.148. The van der Waals surface area contributed by atoms with Crippen molar-refractivity contribution in [2.24, 2.45) is 0 Å². The number of hydrogen-bond donors (Lipinski definition) is 0. The zero-order valence-corrected chi connectivity index (χ0v) is 15.5. The van der Waals surface area contributed by atoms with Crippen LogP contribution in [0.4, 0.5) is 0 Å². The Balaban J connectivity index is 2.07. The van der Waals surface area contributed by atoms with E-state index in [0.717, 1.165) is 22.5 Å². The summed E-state index contributed by atoms with van der Waals surface area (Å²) in [6.45, 7) is 4.08. The molecule has 2 heteroatoms. The van der Waals surface area contributed by atoms with Crippen LogP contribution in [0.15, 0.2) is 65.5 Å². The molecule has 2 nitrogen and oxygen atoms in total. The van der Waals surface area contributed by atoms with Crippen molar-refractivity contribution in [1.29, 1.82) is 0 Å². The van der Waals surface area contributed by atoms with Crippen LogP contribution >= 0.6 is 0 Å². The van der Waals surface area contributed by atoms with Gasteiger partial charge in [0, 0.05) is 23.0 Å². The lowest BCUT2D eigenvalue weighted by Gasteiger charge is -2.24. The molecule has 4 rings (SSSR count). The molecule has 0 saturated heterocycles. The molecule has 1 aliphatic carbocycles. The molecule has 132 valence electrons. The number of benzene rings is 2. The fourth-order valence-electron chi connectivity index (χ4n) is 4.23. The number of rotatable bonds is 3. The smallest absolute Gasteiger partial charge is 0.185 e. The van der Waals surface area contributed by atoms with E-state index in [4.69, 9.17) is 0 Å². The van der Waals surface area contributed by atoms with Crippen molar-refractivity contribution in [2.75, 3.05) is 0 Å². The van der Waals surface area contributed by atoms with E-state index in [2.05, 4.69) is 47.9 Å². The zero-order chi connectivity index (χ0) is 18.1. The molecule has 0 bridgehead atoms. The number of pyridine rings is 1. The predicted octanol–water partition coefficient (Wildman–Crippen LogP) is 5.78. The fraction of sp³-hybridized carbons (Fsp3) is 0.292. The molecule has 0 unspecified atom stereocenters. The first-order valence-electron chi connectivity index (χ1n) is 9.54. The second-order valence-electron chi connectivity index (χ2n) is 7.43. The van der Waals surface area contributed by atoms with Gasteiger partial charge in [-0.3, -0.25) is 4.79 Å². The summed E-state index contributed by atoms with van der Waals surface area (Å²) in [5.74, 6) is 0.464. The van der Waals surface area contributed by atoms with Gasteiger partial charge in [0.05, 0.1) is 5.69 Å². The van der Waals surface area contributed by atoms with Crippen LogP contribution < -0.4 is 5.43 Å². The third-order valence-corrected chi connectivity index (χ3v) is 5.57. The van der Waals surface area contributed by atoms with Gasteiger partial charge in [-0.05, 0) is 55.9 Å². The Kier molecular flexibility index (Phi) is 4.50. The largest absolute Gasteiger partial charge is 0.313 e. The molecule has 0 radical (unpaired) electrons. The summed E-state index contributed by atoms with van der Waals surface area (Å²) >= 11 is 0. The minimum Gasteiger partial charge on any atom is -0.313 e. The Bertz CT molecular complexity index is 979. The van der Waals surface area contributed by atoms with Crippen LogP contribution in [0.25, 0.3) is 16.9 Å². The van der Waals surface area contributed by atoms with Gasteiger partial charge in [-0.2, -0.15) is 0 Å². The highest BCUT2D eigenvalue weighted by Crippen LogP contribution is 2.37. The third kappa shape index (κ3) is 3.01. The standard InChI is InChI=1S/C24H25NO/c1-17-9-8-14-21(15-17)25-22(19-10-6-7-11-19)16-23(26)18(2)24(25)20-12-4-3-5-13-20/h3-5,8-9,12-16,19H,6-7,10-11H2,1-2H3. The Labute approximate surface area is 155 Å². The van der Waals surface area contributed by atoms with Gasteiger partial charge in [0.15, 0.2) is 5.43 Å². The molecular formula is C24H25NO. The van der Waals surface area contributed by atoms with Gasteiger partial charge in [0.2, 0.25) is 0 Å². The highest BCUT2D eigenvalue weighted by Gasteiger charge is 2.24. The molecule has 0 aliphatic heterocycles. The van der Waals surface area contributed by atoms with Gasteiger partial charge in [-0.25, -0.2) is 0 Å². The molecule has 1 heterocycles. The Morgan fingerprint density at radius 1 is 0.885 bits per heavy atom. The maximum Gasteiger partial charge on any atom is 0.185 e. The van der Waals surface area contributed by atoms with Gasteiger partial charge in [0.25, 0.3) is 0 Å². The number of aryl methyl sites for hydroxylation is 1. The van der Waals surface area contributed by atoms with Crippen LogP contribution in [0.1, 0.15) is 48.4 Å². The van der Waals surface area contributed by atoms with Gasteiger partial charge in [-0.15, -0.1) is 0 Å². The van der Waals surface area contributed by atoms with Gasteiger partial charge >= 0.3 is 0 Å². The van der Waals surface area contributed by atoms with E-state index in [1.54, 1.807) is 0 Å². The maximum atomic E-state index is 12.8. The van der Waals surface area contributed by atoms with E-state index in [1.165, 1.54) is 36.9 Å². The number of nitrogens with zero attached hydrogens (tertiary/aromatic N) is 1. The molecule has 2 aromatic carbocycles. The van der Waals surface area contributed by atoms with Crippen LogP contribution in [0.3, 0.4) is 0 Å². The average Bonchev–Trinajstić information content (AvgIpc) is 3.19. The van der Waals surface area contributed by atoms with Crippen molar-refractivity contribution in [3.05, 3.63) is 87.7 Å². The summed E-state index contributed by atoms with van der Waals surface area (Å²) in [7, 11) is 0. The topological polar surface area (TPSA) is 22.0 Å². The highest BCUT2D eigenvalue weighted by atomic mass is 16.1. The van der Waals surface area contributed by atoms with Crippen molar-refractivity contribution in [2.45, 2.75) is 45.4 Å². The van der Waals surface area contributed by atoms with Crippen molar-refractivity contribution in [3.8, 4) is 16.9 Å². The fourth-order valence-corrected chi connectivity index (χ4v) is 4.23. The molecule has 1 saturated carbocycles. The lowest BCUT2D eigenvalue weighted by molar-refractivity contribution is 0.671. The van der Waals surface area contributed by atoms with Gasteiger partial charge < -0.3 is 4.57 Å². The van der Waals surface area contributed by atoms with Gasteiger partial charge in [0.1, 0.15) is 0 Å². The second kappa shape index (κ2) is 6.95. The molecule has 0 amide bonds. The Hall–Kier alpha value is -2.61. The van der Waals surface area contributed by atoms with Crippen molar-refractivity contribution in [3.63, 3.8) is 0 Å². The molecule has 0 N–H and O–H groups in total. The first-order chi connectivity index (χ1) is 12.6. The van der Waals surface area contributed by atoms with E-state index in [1.807, 2.05) is 31.2 Å². The SMILES string of the molecule is Cc1cccc(-n2c(C3CCCC3)cc(=O)c(C)c2-c2ccccc2)c1. The minimum atomic E-state index is 0.148. The maximum absolute atomic E-state index is 12.8. The van der Waals surface area contributed by atoms with Crippen molar-refractivity contribution in [1.82, 2.24) is 4.57 Å².